The number of carbonyl (C=O) groups is 1. The van der Waals surface area contributed by atoms with E-state index in [4.69, 9.17) is 9.15 Å². The van der Waals surface area contributed by atoms with Crippen LogP contribution in [-0.2, 0) is 11.2 Å². The third kappa shape index (κ3) is 3.56. The van der Waals surface area contributed by atoms with Crippen LogP contribution in [0.5, 0.6) is 0 Å². The zero-order valence-electron chi connectivity index (χ0n) is 13.4. The molecule has 1 fully saturated rings. The number of aromatic nitrogens is 3. The molecule has 7 heteroatoms. The molecule has 0 N–H and O–H groups in total. The van der Waals surface area contributed by atoms with Crippen LogP contribution in [0.25, 0.3) is 0 Å². The maximum atomic E-state index is 12.6. The topological polar surface area (TPSA) is 81.4 Å². The molecule has 1 aliphatic heterocycles. The number of hydrogen-bond donors (Lipinski definition) is 0. The fourth-order valence-electron chi connectivity index (χ4n) is 2.76. The molecule has 2 aromatic heterocycles. The molecule has 0 unspecified atom stereocenters. The first kappa shape index (κ1) is 15.6. The van der Waals surface area contributed by atoms with Gasteiger partial charge in [-0.2, -0.15) is 0 Å². The molecule has 23 heavy (non-hydrogen) atoms. The molecule has 1 saturated heterocycles. The Bertz CT molecular complexity index is 685. The number of oxazole rings is 1. The van der Waals surface area contributed by atoms with Gasteiger partial charge in [-0.15, -0.1) is 0 Å². The van der Waals surface area contributed by atoms with E-state index < -0.39 is 0 Å². The van der Waals surface area contributed by atoms with Crippen LogP contribution in [0, 0.1) is 13.8 Å². The standard InChI is InChI=1S/C16H20N4O3/c1-11-14(18-6-5-17-11)4-3-13-9-22-8-7-20(13)16(21)15-10-23-12(2)19-15/h5-6,10,13H,3-4,7-9H2,1-2H3/t13-/m0/s1. The number of rotatable bonds is 4. The van der Waals surface area contributed by atoms with Crippen molar-refractivity contribution in [3.05, 3.63) is 41.6 Å². The lowest BCUT2D eigenvalue weighted by atomic mass is 10.1. The van der Waals surface area contributed by atoms with Crippen molar-refractivity contribution in [2.75, 3.05) is 19.8 Å². The Kier molecular flexibility index (Phi) is 4.66. The summed E-state index contributed by atoms with van der Waals surface area (Å²) in [7, 11) is 0. The quantitative estimate of drug-likeness (QED) is 0.851. The third-order valence-electron chi connectivity index (χ3n) is 4.02. The van der Waals surface area contributed by atoms with E-state index in [1.54, 1.807) is 19.3 Å². The Labute approximate surface area is 134 Å². The van der Waals surface area contributed by atoms with Gasteiger partial charge in [0.15, 0.2) is 11.6 Å². The molecule has 122 valence electrons. The summed E-state index contributed by atoms with van der Waals surface area (Å²) in [5.74, 6) is 0.388. The number of nitrogens with zero attached hydrogens (tertiary/aromatic N) is 4. The molecule has 0 radical (unpaired) electrons. The van der Waals surface area contributed by atoms with Gasteiger partial charge >= 0.3 is 0 Å². The van der Waals surface area contributed by atoms with Crippen LogP contribution in [0.15, 0.2) is 23.1 Å². The van der Waals surface area contributed by atoms with E-state index in [1.165, 1.54) is 6.26 Å². The fourth-order valence-corrected chi connectivity index (χ4v) is 2.76. The van der Waals surface area contributed by atoms with Gasteiger partial charge in [0.05, 0.1) is 30.6 Å². The second-order valence-electron chi connectivity index (χ2n) is 5.61. The highest BCUT2D eigenvalue weighted by Crippen LogP contribution is 2.17. The van der Waals surface area contributed by atoms with Gasteiger partial charge in [0.25, 0.3) is 5.91 Å². The molecular formula is C16H20N4O3. The summed E-state index contributed by atoms with van der Waals surface area (Å²) < 4.78 is 10.7. The maximum absolute atomic E-state index is 12.6. The Morgan fingerprint density at radius 2 is 2.17 bits per heavy atom. The van der Waals surface area contributed by atoms with Gasteiger partial charge in [0.2, 0.25) is 0 Å². The second kappa shape index (κ2) is 6.87. The van der Waals surface area contributed by atoms with Crippen LogP contribution >= 0.6 is 0 Å². The summed E-state index contributed by atoms with van der Waals surface area (Å²) in [4.78, 5) is 27.2. The first-order valence-electron chi connectivity index (χ1n) is 7.72. The fraction of sp³-hybridized carbons (Fsp3) is 0.500. The Balaban J connectivity index is 1.69. The summed E-state index contributed by atoms with van der Waals surface area (Å²) in [6.45, 7) is 5.31. The molecule has 0 aromatic carbocycles. The highest BCUT2D eigenvalue weighted by atomic mass is 16.5. The monoisotopic (exact) mass is 316 g/mol. The molecule has 1 aliphatic rings. The molecule has 1 amide bonds. The second-order valence-corrected chi connectivity index (χ2v) is 5.61. The minimum Gasteiger partial charge on any atom is -0.448 e. The first-order valence-corrected chi connectivity index (χ1v) is 7.72. The SMILES string of the molecule is Cc1nc(C(=O)N2CCOC[C@@H]2CCc2nccnc2C)co1. The van der Waals surface area contributed by atoms with E-state index in [2.05, 4.69) is 15.0 Å². The average Bonchev–Trinajstić information content (AvgIpc) is 3.00. The van der Waals surface area contributed by atoms with Crippen LogP contribution in [0.3, 0.4) is 0 Å². The number of amides is 1. The van der Waals surface area contributed by atoms with Crippen molar-refractivity contribution in [1.82, 2.24) is 19.9 Å². The molecule has 2 aromatic rings. The molecule has 3 heterocycles. The summed E-state index contributed by atoms with van der Waals surface area (Å²) in [6, 6.07) is 0.00895. The van der Waals surface area contributed by atoms with Gasteiger partial charge < -0.3 is 14.1 Å². The van der Waals surface area contributed by atoms with Gasteiger partial charge in [0.1, 0.15) is 6.26 Å². The lowest BCUT2D eigenvalue weighted by Gasteiger charge is -2.35. The number of hydrogen-bond acceptors (Lipinski definition) is 6. The van der Waals surface area contributed by atoms with Gasteiger partial charge in [0, 0.05) is 25.9 Å². The Morgan fingerprint density at radius 3 is 2.91 bits per heavy atom. The van der Waals surface area contributed by atoms with Crippen molar-refractivity contribution in [2.45, 2.75) is 32.7 Å². The van der Waals surface area contributed by atoms with E-state index in [-0.39, 0.29) is 11.9 Å². The van der Waals surface area contributed by atoms with E-state index in [0.29, 0.717) is 31.3 Å². The average molecular weight is 316 g/mol. The Morgan fingerprint density at radius 1 is 1.35 bits per heavy atom. The highest BCUT2D eigenvalue weighted by Gasteiger charge is 2.29. The van der Waals surface area contributed by atoms with Gasteiger partial charge in [-0.25, -0.2) is 4.98 Å². The van der Waals surface area contributed by atoms with Crippen molar-refractivity contribution in [2.24, 2.45) is 0 Å². The van der Waals surface area contributed by atoms with Crippen molar-refractivity contribution in [1.29, 1.82) is 0 Å². The van der Waals surface area contributed by atoms with E-state index in [1.807, 2.05) is 11.8 Å². The zero-order chi connectivity index (χ0) is 16.2. The third-order valence-corrected chi connectivity index (χ3v) is 4.02. The molecule has 1 atom stereocenters. The summed E-state index contributed by atoms with van der Waals surface area (Å²) in [6.07, 6.45) is 6.33. The predicted molar refractivity (Wildman–Crippen MR) is 82.0 cm³/mol. The first-order chi connectivity index (χ1) is 11.1. The lowest BCUT2D eigenvalue weighted by molar-refractivity contribution is -0.00445. The van der Waals surface area contributed by atoms with Gasteiger partial charge in [-0.3, -0.25) is 14.8 Å². The van der Waals surface area contributed by atoms with Gasteiger partial charge in [-0.05, 0) is 19.8 Å². The highest BCUT2D eigenvalue weighted by molar-refractivity contribution is 5.92. The van der Waals surface area contributed by atoms with E-state index in [9.17, 15) is 4.79 Å². The summed E-state index contributed by atoms with van der Waals surface area (Å²) >= 11 is 0. The smallest absolute Gasteiger partial charge is 0.276 e. The molecular weight excluding hydrogens is 296 g/mol. The predicted octanol–water partition coefficient (Wildman–Crippen LogP) is 1.56. The largest absolute Gasteiger partial charge is 0.448 e. The molecule has 7 nitrogen and oxygen atoms in total. The zero-order valence-corrected chi connectivity index (χ0v) is 13.4. The number of morpholine rings is 1. The number of aryl methyl sites for hydroxylation is 3. The van der Waals surface area contributed by atoms with Crippen LogP contribution in [-0.4, -0.2) is 51.6 Å². The van der Waals surface area contributed by atoms with E-state index in [0.717, 1.165) is 24.2 Å². The van der Waals surface area contributed by atoms with Crippen LogP contribution < -0.4 is 0 Å². The van der Waals surface area contributed by atoms with Crippen LogP contribution in [0.1, 0.15) is 34.2 Å². The molecule has 0 aliphatic carbocycles. The maximum Gasteiger partial charge on any atom is 0.276 e. The number of ether oxygens (including phenoxy) is 1. The number of carbonyl (C=O) groups excluding carboxylic acids is 1. The summed E-state index contributed by atoms with van der Waals surface area (Å²) in [5.41, 5.74) is 2.24. The molecule has 0 bridgehead atoms. The lowest BCUT2D eigenvalue weighted by Crippen LogP contribution is -2.49. The van der Waals surface area contributed by atoms with Crippen molar-refractivity contribution < 1.29 is 13.9 Å². The molecule has 3 rings (SSSR count). The van der Waals surface area contributed by atoms with Crippen molar-refractivity contribution in [3.8, 4) is 0 Å². The van der Waals surface area contributed by atoms with E-state index >= 15 is 0 Å². The Hall–Kier alpha value is -2.28. The molecule has 0 spiro atoms. The summed E-state index contributed by atoms with van der Waals surface area (Å²) in [5, 5.41) is 0. The van der Waals surface area contributed by atoms with Crippen molar-refractivity contribution in [3.63, 3.8) is 0 Å². The van der Waals surface area contributed by atoms with Crippen LogP contribution in [0.4, 0.5) is 0 Å². The minimum absolute atomic E-state index is 0.00895. The normalized spacial score (nSPS) is 18.2. The molecule has 0 saturated carbocycles. The minimum atomic E-state index is -0.106. The van der Waals surface area contributed by atoms with Crippen LogP contribution in [0.2, 0.25) is 0 Å². The van der Waals surface area contributed by atoms with Gasteiger partial charge in [-0.1, -0.05) is 0 Å². The van der Waals surface area contributed by atoms with Crippen molar-refractivity contribution >= 4 is 5.91 Å².